The molecule has 0 aliphatic rings. The van der Waals surface area contributed by atoms with Gasteiger partial charge in [0, 0.05) is 24.7 Å². The lowest BCUT2D eigenvalue weighted by atomic mass is 10.3. The molecular weight excluding hydrogens is 386 g/mol. The molecule has 2 aromatic rings. The van der Waals surface area contributed by atoms with Crippen LogP contribution in [0.4, 0.5) is 11.4 Å². The number of ether oxygens (including phenoxy) is 1. The number of benzene rings is 2. The van der Waals surface area contributed by atoms with Crippen LogP contribution in [-0.4, -0.2) is 32.4 Å². The number of nitro benzene ring substituents is 1. The average Bonchev–Trinajstić information content (AvgIpc) is 2.64. The van der Waals surface area contributed by atoms with Crippen LogP contribution in [0.3, 0.4) is 0 Å². The molecule has 0 aliphatic heterocycles. The minimum absolute atomic E-state index is 0.00324. The molecule has 146 valence electrons. The second kappa shape index (κ2) is 9.50. The number of sulfonamides is 1. The van der Waals surface area contributed by atoms with Gasteiger partial charge in [0.1, 0.15) is 12.4 Å². The Bertz CT molecular complexity index is 1040. The van der Waals surface area contributed by atoms with Crippen molar-refractivity contribution >= 4 is 27.3 Å². The predicted octanol–water partition coefficient (Wildman–Crippen LogP) is 1.91. The largest absolute Gasteiger partial charge is 0.481 e. The Hall–Kier alpha value is -3.42. The van der Waals surface area contributed by atoms with Crippen LogP contribution in [0, 0.1) is 22.0 Å². The molecule has 0 saturated heterocycles. The molecule has 10 heteroatoms. The van der Waals surface area contributed by atoms with E-state index < -0.39 is 25.5 Å². The third-order valence-electron chi connectivity index (χ3n) is 3.29. The van der Waals surface area contributed by atoms with Crippen LogP contribution in [0.25, 0.3) is 0 Å². The van der Waals surface area contributed by atoms with Gasteiger partial charge in [-0.05, 0) is 18.2 Å². The second-order valence-corrected chi connectivity index (χ2v) is 7.14. The average molecular weight is 403 g/mol. The zero-order valence-electron chi connectivity index (χ0n) is 14.8. The van der Waals surface area contributed by atoms with Gasteiger partial charge in [-0.3, -0.25) is 14.9 Å². The van der Waals surface area contributed by atoms with Crippen LogP contribution in [0.2, 0.25) is 0 Å². The van der Waals surface area contributed by atoms with Gasteiger partial charge in [-0.15, -0.1) is 0 Å². The topological polar surface area (TPSA) is 128 Å². The molecule has 2 rings (SSSR count). The highest BCUT2D eigenvalue weighted by atomic mass is 32.2. The summed E-state index contributed by atoms with van der Waals surface area (Å²) in [5.41, 5.74) is 0.0699. The lowest BCUT2D eigenvalue weighted by Gasteiger charge is -2.06. The first kappa shape index (κ1) is 20.9. The lowest BCUT2D eigenvalue weighted by molar-refractivity contribution is -0.387. The van der Waals surface area contributed by atoms with Crippen LogP contribution < -0.4 is 14.8 Å². The Balaban J connectivity index is 1.90. The van der Waals surface area contributed by atoms with Crippen molar-refractivity contribution in [2.75, 3.05) is 18.5 Å². The fourth-order valence-electron chi connectivity index (χ4n) is 2.14. The number of hydrogen-bond acceptors (Lipinski definition) is 6. The first-order valence-corrected chi connectivity index (χ1v) is 9.47. The van der Waals surface area contributed by atoms with Gasteiger partial charge in [0.05, 0.1) is 11.5 Å². The van der Waals surface area contributed by atoms with Crippen LogP contribution in [0.15, 0.2) is 53.4 Å². The molecule has 0 aromatic heterocycles. The quantitative estimate of drug-likeness (QED) is 0.413. The molecule has 0 bridgehead atoms. The van der Waals surface area contributed by atoms with E-state index in [1.165, 1.54) is 19.1 Å². The molecule has 9 nitrogen and oxygen atoms in total. The third kappa shape index (κ3) is 6.08. The number of carbonyl (C=O) groups is 1. The number of hydrogen-bond donors (Lipinski definition) is 2. The summed E-state index contributed by atoms with van der Waals surface area (Å²) in [5, 5.41) is 13.6. The van der Waals surface area contributed by atoms with E-state index in [1.54, 1.807) is 24.3 Å². The molecule has 0 aliphatic carbocycles. The van der Waals surface area contributed by atoms with Crippen molar-refractivity contribution in [3.8, 4) is 17.6 Å². The number of rotatable bonds is 7. The van der Waals surface area contributed by atoms with E-state index in [9.17, 15) is 23.3 Å². The highest BCUT2D eigenvalue weighted by molar-refractivity contribution is 7.89. The van der Waals surface area contributed by atoms with Crippen molar-refractivity contribution in [2.45, 2.75) is 11.8 Å². The van der Waals surface area contributed by atoms with Crippen molar-refractivity contribution in [3.63, 3.8) is 0 Å². The summed E-state index contributed by atoms with van der Waals surface area (Å²) in [6.45, 7) is 1.16. The van der Waals surface area contributed by atoms with Crippen LogP contribution in [-0.2, 0) is 14.8 Å². The number of anilines is 1. The van der Waals surface area contributed by atoms with Gasteiger partial charge >= 0.3 is 0 Å². The minimum atomic E-state index is -4.07. The molecule has 0 unspecified atom stereocenters. The van der Waals surface area contributed by atoms with Gasteiger partial charge in [-0.25, -0.2) is 8.42 Å². The molecule has 1 amide bonds. The van der Waals surface area contributed by atoms with Crippen LogP contribution in [0.1, 0.15) is 6.92 Å². The lowest BCUT2D eigenvalue weighted by Crippen LogP contribution is -2.24. The van der Waals surface area contributed by atoms with E-state index in [4.69, 9.17) is 4.74 Å². The summed E-state index contributed by atoms with van der Waals surface area (Å²) in [7, 11) is -4.07. The Labute approximate surface area is 161 Å². The molecule has 28 heavy (non-hydrogen) atoms. The predicted molar refractivity (Wildman–Crippen MR) is 102 cm³/mol. The van der Waals surface area contributed by atoms with E-state index in [0.717, 1.165) is 12.1 Å². The molecule has 0 radical (unpaired) electrons. The van der Waals surface area contributed by atoms with E-state index in [-0.39, 0.29) is 19.1 Å². The number of amides is 1. The van der Waals surface area contributed by atoms with Crippen molar-refractivity contribution in [1.29, 1.82) is 0 Å². The zero-order chi connectivity index (χ0) is 20.6. The van der Waals surface area contributed by atoms with Gasteiger partial charge in [0.2, 0.25) is 15.9 Å². The molecule has 0 spiro atoms. The van der Waals surface area contributed by atoms with E-state index >= 15 is 0 Å². The first-order valence-electron chi connectivity index (χ1n) is 7.99. The van der Waals surface area contributed by atoms with Crippen molar-refractivity contribution in [1.82, 2.24) is 4.72 Å². The van der Waals surface area contributed by atoms with E-state index in [0.29, 0.717) is 11.4 Å². The summed E-state index contributed by atoms with van der Waals surface area (Å²) >= 11 is 0. The Morgan fingerprint density at radius 3 is 2.64 bits per heavy atom. The summed E-state index contributed by atoms with van der Waals surface area (Å²) in [6, 6.07) is 11.8. The van der Waals surface area contributed by atoms with Crippen molar-refractivity contribution in [2.24, 2.45) is 0 Å². The van der Waals surface area contributed by atoms with Gasteiger partial charge < -0.3 is 10.1 Å². The number of para-hydroxylation sites is 1. The molecule has 2 aromatic carbocycles. The fraction of sp³-hybridized carbons (Fsp3) is 0.167. The first-order chi connectivity index (χ1) is 13.3. The highest BCUT2D eigenvalue weighted by Gasteiger charge is 2.24. The number of carbonyl (C=O) groups excluding carboxylic acids is 1. The molecule has 0 fully saturated rings. The Kier molecular flexibility index (Phi) is 7.08. The molecule has 0 atom stereocenters. The molecule has 0 saturated carbocycles. The normalized spacial score (nSPS) is 10.5. The molecule has 2 N–H and O–H groups in total. The van der Waals surface area contributed by atoms with E-state index in [1.807, 2.05) is 0 Å². The Morgan fingerprint density at radius 2 is 1.93 bits per heavy atom. The van der Waals surface area contributed by atoms with Gasteiger partial charge in [-0.1, -0.05) is 30.0 Å². The standard InChI is InChI=1S/C18H17N3O6S/c1-14(22)20-15-7-6-8-16(13-15)27-12-5-4-11-19-28(25,26)18-10-3-2-9-17(18)21(23)24/h2-3,6-10,13,19H,11-12H2,1H3,(H,20,22). The number of nitrogens with zero attached hydrogens (tertiary/aromatic N) is 1. The number of nitrogens with one attached hydrogen (secondary N) is 2. The smallest absolute Gasteiger partial charge is 0.289 e. The summed E-state index contributed by atoms with van der Waals surface area (Å²) in [6.07, 6.45) is 0. The van der Waals surface area contributed by atoms with Crippen molar-refractivity contribution < 1.29 is 22.9 Å². The molecular formula is C18H17N3O6S. The van der Waals surface area contributed by atoms with Crippen LogP contribution in [0.5, 0.6) is 5.75 Å². The summed E-state index contributed by atoms with van der Waals surface area (Å²) < 4.78 is 32.0. The van der Waals surface area contributed by atoms with E-state index in [2.05, 4.69) is 21.9 Å². The van der Waals surface area contributed by atoms with Crippen LogP contribution >= 0.6 is 0 Å². The Morgan fingerprint density at radius 1 is 1.18 bits per heavy atom. The maximum atomic E-state index is 12.2. The maximum Gasteiger partial charge on any atom is 0.289 e. The van der Waals surface area contributed by atoms with Gasteiger partial charge in [-0.2, -0.15) is 4.72 Å². The third-order valence-corrected chi connectivity index (χ3v) is 4.74. The monoisotopic (exact) mass is 403 g/mol. The highest BCUT2D eigenvalue weighted by Crippen LogP contribution is 2.22. The summed E-state index contributed by atoms with van der Waals surface area (Å²) in [5.74, 6) is 5.49. The molecule has 0 heterocycles. The maximum absolute atomic E-state index is 12.2. The minimum Gasteiger partial charge on any atom is -0.481 e. The van der Waals surface area contributed by atoms with Gasteiger partial charge in [0.25, 0.3) is 5.69 Å². The van der Waals surface area contributed by atoms with Crippen molar-refractivity contribution in [3.05, 3.63) is 58.6 Å². The number of nitro groups is 1. The SMILES string of the molecule is CC(=O)Nc1cccc(OCC#CCNS(=O)(=O)c2ccccc2[N+](=O)[O-])c1. The second-order valence-electron chi connectivity index (χ2n) is 5.40. The fourth-order valence-corrected chi connectivity index (χ4v) is 3.24. The summed E-state index contributed by atoms with van der Waals surface area (Å²) in [4.78, 5) is 20.8. The van der Waals surface area contributed by atoms with Gasteiger partial charge in [0.15, 0.2) is 4.90 Å². The zero-order valence-corrected chi connectivity index (χ0v) is 15.7.